The topological polar surface area (TPSA) is 144 Å². The number of aliphatic hydroxyl groups excluding tert-OH is 4. The van der Waals surface area contributed by atoms with E-state index >= 15 is 0 Å². The summed E-state index contributed by atoms with van der Waals surface area (Å²) >= 11 is 0. The average Bonchev–Trinajstić information content (AvgIpc) is 2.49. The van der Waals surface area contributed by atoms with Crippen LogP contribution in [0.2, 0.25) is 0 Å². The quantitative estimate of drug-likeness (QED) is 0.263. The molecule has 0 amide bonds. The van der Waals surface area contributed by atoms with Gasteiger partial charge < -0.3 is 45.1 Å². The zero-order valence-electron chi connectivity index (χ0n) is 11.8. The van der Waals surface area contributed by atoms with Crippen molar-refractivity contribution in [3.63, 3.8) is 0 Å². The van der Waals surface area contributed by atoms with E-state index in [-0.39, 0.29) is 13.2 Å². The molecule has 0 bridgehead atoms. The van der Waals surface area contributed by atoms with Gasteiger partial charge in [-0.2, -0.15) is 0 Å². The zero-order valence-corrected chi connectivity index (χ0v) is 11.8. The third kappa shape index (κ3) is 6.10. The molecule has 3 unspecified atom stereocenters. The normalized spacial score (nSPS) is 33.3. The first-order valence-corrected chi connectivity index (χ1v) is 6.89. The Morgan fingerprint density at radius 3 is 2.10 bits per heavy atom. The van der Waals surface area contributed by atoms with Gasteiger partial charge in [-0.3, -0.25) is 0 Å². The first-order chi connectivity index (χ1) is 10.1. The highest BCUT2D eigenvalue weighted by Crippen LogP contribution is 2.21. The number of nitrogens with two attached hydrogens (primary N) is 1. The van der Waals surface area contributed by atoms with Crippen LogP contribution >= 0.6 is 0 Å². The van der Waals surface area contributed by atoms with Gasteiger partial charge in [0, 0.05) is 6.54 Å². The summed E-state index contributed by atoms with van der Waals surface area (Å²) < 4.78 is 20.7. The Morgan fingerprint density at radius 1 is 0.857 bits per heavy atom. The highest BCUT2D eigenvalue weighted by molar-refractivity contribution is 4.88. The molecule has 0 aromatic heterocycles. The van der Waals surface area contributed by atoms with Gasteiger partial charge >= 0.3 is 0 Å². The van der Waals surface area contributed by atoms with E-state index in [0.29, 0.717) is 26.4 Å². The van der Waals surface area contributed by atoms with Crippen LogP contribution in [0.25, 0.3) is 0 Å². The van der Waals surface area contributed by atoms with Gasteiger partial charge in [-0.05, 0) is 0 Å². The summed E-state index contributed by atoms with van der Waals surface area (Å²) in [6.07, 6.45) is -6.32. The molecule has 1 saturated heterocycles. The van der Waals surface area contributed by atoms with Crippen LogP contribution in [0.3, 0.4) is 0 Å². The molecule has 21 heavy (non-hydrogen) atoms. The molecule has 0 saturated carbocycles. The van der Waals surface area contributed by atoms with Crippen LogP contribution in [0.5, 0.6) is 0 Å². The number of aliphatic hydroxyl groups is 4. The van der Waals surface area contributed by atoms with E-state index in [9.17, 15) is 15.3 Å². The Labute approximate surface area is 123 Å². The summed E-state index contributed by atoms with van der Waals surface area (Å²) in [5.41, 5.74) is 5.25. The largest absolute Gasteiger partial charge is 0.394 e. The van der Waals surface area contributed by atoms with Crippen molar-refractivity contribution >= 4 is 0 Å². The van der Waals surface area contributed by atoms with Crippen molar-refractivity contribution in [1.29, 1.82) is 0 Å². The van der Waals surface area contributed by atoms with Crippen molar-refractivity contribution in [2.45, 2.75) is 30.7 Å². The van der Waals surface area contributed by atoms with Crippen LogP contribution in [0.4, 0.5) is 0 Å². The fourth-order valence-corrected chi connectivity index (χ4v) is 1.83. The maximum atomic E-state index is 9.71. The minimum Gasteiger partial charge on any atom is -0.394 e. The molecule has 1 heterocycles. The third-order valence-corrected chi connectivity index (χ3v) is 2.99. The van der Waals surface area contributed by atoms with Crippen LogP contribution in [-0.2, 0) is 18.9 Å². The van der Waals surface area contributed by atoms with Gasteiger partial charge in [-0.15, -0.1) is 0 Å². The Kier molecular flexibility index (Phi) is 9.24. The minimum absolute atomic E-state index is 0.125. The van der Waals surface area contributed by atoms with E-state index in [0.717, 1.165) is 0 Å². The molecule has 1 aliphatic heterocycles. The number of ether oxygens (including phenoxy) is 4. The van der Waals surface area contributed by atoms with Crippen LogP contribution < -0.4 is 5.73 Å². The van der Waals surface area contributed by atoms with Crippen molar-refractivity contribution in [2.75, 3.05) is 46.2 Å². The van der Waals surface area contributed by atoms with Gasteiger partial charge in [0.1, 0.15) is 24.4 Å². The molecule has 9 heteroatoms. The van der Waals surface area contributed by atoms with Gasteiger partial charge in [-0.1, -0.05) is 0 Å². The van der Waals surface area contributed by atoms with E-state index in [1.165, 1.54) is 0 Å². The highest BCUT2D eigenvalue weighted by Gasteiger charge is 2.43. The average molecular weight is 311 g/mol. The van der Waals surface area contributed by atoms with E-state index in [1.807, 2.05) is 0 Å². The second-order valence-corrected chi connectivity index (χ2v) is 4.58. The molecule has 6 N–H and O–H groups in total. The van der Waals surface area contributed by atoms with Crippen molar-refractivity contribution in [3.05, 3.63) is 0 Å². The molecule has 0 aromatic rings. The van der Waals surface area contributed by atoms with Crippen LogP contribution in [-0.4, -0.2) is 97.3 Å². The molecule has 5 atom stereocenters. The predicted molar refractivity (Wildman–Crippen MR) is 70.4 cm³/mol. The molecule has 1 aliphatic rings. The number of hydrogen-bond donors (Lipinski definition) is 5. The summed E-state index contributed by atoms with van der Waals surface area (Å²) in [6, 6.07) is 0. The maximum absolute atomic E-state index is 9.71. The van der Waals surface area contributed by atoms with Gasteiger partial charge in [0.05, 0.1) is 39.6 Å². The SMILES string of the molecule is NCCOCCOCCO[C@H]1OC(CO)[C@@H](O)C(O)C1O. The Balaban J connectivity index is 2.16. The molecular weight excluding hydrogens is 286 g/mol. The lowest BCUT2D eigenvalue weighted by Crippen LogP contribution is -2.59. The Hall–Kier alpha value is -0.360. The van der Waals surface area contributed by atoms with Gasteiger partial charge in [0.25, 0.3) is 0 Å². The van der Waals surface area contributed by atoms with Crippen LogP contribution in [0.1, 0.15) is 0 Å². The first-order valence-electron chi connectivity index (χ1n) is 6.89. The van der Waals surface area contributed by atoms with Crippen molar-refractivity contribution in [3.8, 4) is 0 Å². The van der Waals surface area contributed by atoms with Crippen molar-refractivity contribution < 1.29 is 39.4 Å². The van der Waals surface area contributed by atoms with Gasteiger partial charge in [0.2, 0.25) is 0 Å². The summed E-state index contributed by atoms with van der Waals surface area (Å²) in [7, 11) is 0. The van der Waals surface area contributed by atoms with E-state index in [4.69, 9.17) is 29.8 Å². The maximum Gasteiger partial charge on any atom is 0.186 e. The molecule has 126 valence electrons. The van der Waals surface area contributed by atoms with Gasteiger partial charge in [0.15, 0.2) is 6.29 Å². The second-order valence-electron chi connectivity index (χ2n) is 4.58. The lowest BCUT2D eigenvalue weighted by atomic mass is 9.99. The lowest BCUT2D eigenvalue weighted by molar-refractivity contribution is -0.302. The first kappa shape index (κ1) is 18.7. The van der Waals surface area contributed by atoms with E-state index < -0.39 is 37.3 Å². The molecular formula is C12H25NO8. The number of hydrogen-bond acceptors (Lipinski definition) is 9. The second kappa shape index (κ2) is 10.4. The molecule has 1 fully saturated rings. The Morgan fingerprint density at radius 2 is 1.48 bits per heavy atom. The molecule has 0 spiro atoms. The molecule has 9 nitrogen and oxygen atoms in total. The van der Waals surface area contributed by atoms with Gasteiger partial charge in [-0.25, -0.2) is 0 Å². The standard InChI is InChI=1S/C12H25NO8/c13-1-2-18-3-4-19-5-6-20-12-11(17)10(16)9(15)8(7-14)21-12/h8-12,14-17H,1-7,13H2/t8?,9-,10?,11?,12+/m1/s1. The highest BCUT2D eigenvalue weighted by atomic mass is 16.7. The fourth-order valence-electron chi connectivity index (χ4n) is 1.83. The third-order valence-electron chi connectivity index (χ3n) is 2.99. The Bertz CT molecular complexity index is 268. The summed E-state index contributed by atoms with van der Waals surface area (Å²) in [4.78, 5) is 0. The van der Waals surface area contributed by atoms with Crippen molar-refractivity contribution in [2.24, 2.45) is 5.73 Å². The fraction of sp³-hybridized carbons (Fsp3) is 1.00. The smallest absolute Gasteiger partial charge is 0.186 e. The minimum atomic E-state index is -1.44. The molecule has 1 rings (SSSR count). The predicted octanol–water partition coefficient (Wildman–Crippen LogP) is -3.21. The van der Waals surface area contributed by atoms with Crippen LogP contribution in [0, 0.1) is 0 Å². The summed E-state index contributed by atoms with van der Waals surface area (Å²) in [5, 5.41) is 37.9. The summed E-state index contributed by atoms with van der Waals surface area (Å²) in [6.45, 7) is 1.64. The molecule has 0 aliphatic carbocycles. The summed E-state index contributed by atoms with van der Waals surface area (Å²) in [5.74, 6) is 0. The van der Waals surface area contributed by atoms with Crippen molar-refractivity contribution in [1.82, 2.24) is 0 Å². The van der Waals surface area contributed by atoms with E-state index in [1.54, 1.807) is 0 Å². The van der Waals surface area contributed by atoms with E-state index in [2.05, 4.69) is 0 Å². The number of rotatable bonds is 10. The monoisotopic (exact) mass is 311 g/mol. The van der Waals surface area contributed by atoms with Crippen LogP contribution in [0.15, 0.2) is 0 Å². The lowest BCUT2D eigenvalue weighted by Gasteiger charge is -2.39. The molecule has 0 aromatic carbocycles. The molecule has 0 radical (unpaired) electrons. The zero-order chi connectivity index (χ0) is 15.7.